The Labute approximate surface area is 181 Å². The molecular formula is C23H26FN5O2. The first-order chi connectivity index (χ1) is 15.2. The molecule has 0 aliphatic heterocycles. The fraction of sp³-hybridized carbons (Fsp3) is 0.261. The standard InChI is InChI=1S/C23H26FN5O2/c24-20-6-1-4-18(14-20)9-12-27-23-21(7-8-22(28-23)26-11-3-13-30)29(17-31)16-19-5-2-10-25-15-19/h1-2,4-8,10,14-15,17,30H,3,9,11-13,16H2,(H2,26,27,28). The number of carbonyl (C=O) groups excluding carboxylic acids is 1. The van der Waals surface area contributed by atoms with Crippen molar-refractivity contribution in [2.24, 2.45) is 0 Å². The maximum atomic E-state index is 13.4. The van der Waals surface area contributed by atoms with Crippen LogP contribution in [-0.4, -0.2) is 41.2 Å². The Morgan fingerprint density at radius 1 is 1.06 bits per heavy atom. The van der Waals surface area contributed by atoms with Crippen LogP contribution in [0.15, 0.2) is 60.9 Å². The number of nitrogens with zero attached hydrogens (tertiary/aromatic N) is 3. The molecule has 0 spiro atoms. The molecule has 2 aromatic heterocycles. The van der Waals surface area contributed by atoms with Gasteiger partial charge < -0.3 is 20.6 Å². The van der Waals surface area contributed by atoms with Gasteiger partial charge in [-0.2, -0.15) is 0 Å². The van der Waals surface area contributed by atoms with Crippen molar-refractivity contribution in [3.63, 3.8) is 0 Å². The first kappa shape index (κ1) is 22.2. The summed E-state index contributed by atoms with van der Waals surface area (Å²) >= 11 is 0. The fourth-order valence-corrected chi connectivity index (χ4v) is 3.09. The molecule has 1 amide bonds. The number of anilines is 3. The summed E-state index contributed by atoms with van der Waals surface area (Å²) in [5.74, 6) is 0.911. The smallest absolute Gasteiger partial charge is 0.214 e. The second-order valence-corrected chi connectivity index (χ2v) is 6.97. The largest absolute Gasteiger partial charge is 0.396 e. The number of rotatable bonds is 12. The first-order valence-corrected chi connectivity index (χ1v) is 10.1. The van der Waals surface area contributed by atoms with Crippen molar-refractivity contribution in [3.8, 4) is 0 Å². The first-order valence-electron chi connectivity index (χ1n) is 10.1. The van der Waals surface area contributed by atoms with E-state index < -0.39 is 0 Å². The lowest BCUT2D eigenvalue weighted by Crippen LogP contribution is -2.23. The molecule has 3 rings (SSSR count). The van der Waals surface area contributed by atoms with Crippen molar-refractivity contribution >= 4 is 23.7 Å². The molecule has 3 aromatic rings. The van der Waals surface area contributed by atoms with Crippen molar-refractivity contribution in [1.82, 2.24) is 9.97 Å². The summed E-state index contributed by atoms with van der Waals surface area (Å²) in [6, 6.07) is 13.8. The SMILES string of the molecule is O=CN(Cc1cccnc1)c1ccc(NCCCO)nc1NCCc1cccc(F)c1. The molecule has 162 valence electrons. The Balaban J connectivity index is 1.77. The Morgan fingerprint density at radius 3 is 2.68 bits per heavy atom. The number of aliphatic hydroxyl groups is 1. The number of carbonyl (C=O) groups is 1. The lowest BCUT2D eigenvalue weighted by Gasteiger charge is -2.21. The maximum Gasteiger partial charge on any atom is 0.214 e. The Morgan fingerprint density at radius 2 is 1.94 bits per heavy atom. The monoisotopic (exact) mass is 423 g/mol. The highest BCUT2D eigenvalue weighted by Crippen LogP contribution is 2.26. The minimum Gasteiger partial charge on any atom is -0.396 e. The van der Waals surface area contributed by atoms with Gasteiger partial charge in [0.05, 0.1) is 12.2 Å². The molecule has 0 fully saturated rings. The Kier molecular flexibility index (Phi) is 8.30. The van der Waals surface area contributed by atoms with Crippen LogP contribution in [0.3, 0.4) is 0 Å². The number of benzene rings is 1. The summed E-state index contributed by atoms with van der Waals surface area (Å²) in [4.78, 5) is 22.1. The quantitative estimate of drug-likeness (QED) is 0.306. The van der Waals surface area contributed by atoms with Gasteiger partial charge in [0.1, 0.15) is 11.6 Å². The third-order valence-electron chi connectivity index (χ3n) is 4.62. The number of aromatic nitrogens is 2. The highest BCUT2D eigenvalue weighted by molar-refractivity contribution is 5.82. The zero-order valence-electron chi connectivity index (χ0n) is 17.2. The van der Waals surface area contributed by atoms with E-state index in [1.165, 1.54) is 12.1 Å². The summed E-state index contributed by atoms with van der Waals surface area (Å²) in [6.07, 6.45) is 5.37. The molecule has 3 N–H and O–H groups in total. The molecule has 0 aliphatic carbocycles. The normalized spacial score (nSPS) is 10.5. The van der Waals surface area contributed by atoms with Crippen LogP contribution in [0.25, 0.3) is 0 Å². The zero-order valence-corrected chi connectivity index (χ0v) is 17.2. The molecule has 0 radical (unpaired) electrons. The van der Waals surface area contributed by atoms with E-state index >= 15 is 0 Å². The number of nitrogens with one attached hydrogen (secondary N) is 2. The molecule has 7 nitrogen and oxygen atoms in total. The number of hydrogen-bond acceptors (Lipinski definition) is 6. The number of aliphatic hydroxyl groups excluding tert-OH is 1. The van der Waals surface area contributed by atoms with Gasteiger partial charge in [-0.25, -0.2) is 9.37 Å². The second-order valence-electron chi connectivity index (χ2n) is 6.97. The molecule has 1 aromatic carbocycles. The zero-order chi connectivity index (χ0) is 21.9. The number of halogens is 1. The molecule has 31 heavy (non-hydrogen) atoms. The summed E-state index contributed by atoms with van der Waals surface area (Å²) < 4.78 is 13.4. The van der Waals surface area contributed by atoms with Gasteiger partial charge in [-0.1, -0.05) is 18.2 Å². The second kappa shape index (κ2) is 11.6. The van der Waals surface area contributed by atoms with E-state index in [4.69, 9.17) is 5.11 Å². The van der Waals surface area contributed by atoms with Crippen molar-refractivity contribution in [1.29, 1.82) is 0 Å². The van der Waals surface area contributed by atoms with Crippen molar-refractivity contribution in [2.45, 2.75) is 19.4 Å². The molecule has 0 atom stereocenters. The topological polar surface area (TPSA) is 90.4 Å². The van der Waals surface area contributed by atoms with E-state index in [1.807, 2.05) is 24.3 Å². The minimum atomic E-state index is -0.269. The minimum absolute atomic E-state index is 0.0911. The lowest BCUT2D eigenvalue weighted by atomic mass is 10.1. The third kappa shape index (κ3) is 6.75. The number of amides is 1. The maximum absolute atomic E-state index is 13.4. The average Bonchev–Trinajstić information content (AvgIpc) is 2.79. The number of hydrogen-bond donors (Lipinski definition) is 3. The highest BCUT2D eigenvalue weighted by atomic mass is 19.1. The summed E-state index contributed by atoms with van der Waals surface area (Å²) in [5.41, 5.74) is 2.39. The van der Waals surface area contributed by atoms with Gasteiger partial charge >= 0.3 is 0 Å². The third-order valence-corrected chi connectivity index (χ3v) is 4.62. The van der Waals surface area contributed by atoms with E-state index in [0.717, 1.165) is 17.5 Å². The predicted molar refractivity (Wildman–Crippen MR) is 120 cm³/mol. The molecule has 0 saturated carbocycles. The average molecular weight is 423 g/mol. The highest BCUT2D eigenvalue weighted by Gasteiger charge is 2.14. The van der Waals surface area contributed by atoms with Crippen molar-refractivity contribution in [3.05, 3.63) is 77.9 Å². The van der Waals surface area contributed by atoms with Crippen LogP contribution in [-0.2, 0) is 17.8 Å². The van der Waals surface area contributed by atoms with Crippen molar-refractivity contribution < 1.29 is 14.3 Å². The van der Waals surface area contributed by atoms with Crippen LogP contribution >= 0.6 is 0 Å². The van der Waals surface area contributed by atoms with E-state index in [2.05, 4.69) is 20.6 Å². The van der Waals surface area contributed by atoms with Crippen LogP contribution in [0.2, 0.25) is 0 Å². The van der Waals surface area contributed by atoms with Gasteiger partial charge in [-0.15, -0.1) is 0 Å². The van der Waals surface area contributed by atoms with E-state index in [1.54, 1.807) is 29.4 Å². The molecular weight excluding hydrogens is 397 g/mol. The fourth-order valence-electron chi connectivity index (χ4n) is 3.09. The van der Waals surface area contributed by atoms with Crippen LogP contribution in [0, 0.1) is 5.82 Å². The molecule has 0 bridgehead atoms. The summed E-state index contributed by atoms with van der Waals surface area (Å²) in [6.45, 7) is 1.55. The van der Waals surface area contributed by atoms with E-state index in [-0.39, 0.29) is 12.4 Å². The van der Waals surface area contributed by atoms with Gasteiger partial charge in [0.15, 0.2) is 5.82 Å². The van der Waals surface area contributed by atoms with E-state index in [9.17, 15) is 9.18 Å². The molecule has 0 saturated heterocycles. The lowest BCUT2D eigenvalue weighted by molar-refractivity contribution is -0.107. The van der Waals surface area contributed by atoms with Crippen LogP contribution < -0.4 is 15.5 Å². The molecule has 0 aliphatic rings. The van der Waals surface area contributed by atoms with Gasteiger partial charge in [0.25, 0.3) is 0 Å². The van der Waals surface area contributed by atoms with Gasteiger partial charge in [-0.05, 0) is 54.3 Å². The van der Waals surface area contributed by atoms with E-state index in [0.29, 0.717) is 49.8 Å². The molecule has 2 heterocycles. The van der Waals surface area contributed by atoms with Gasteiger partial charge in [-0.3, -0.25) is 9.78 Å². The molecule has 8 heteroatoms. The Bertz CT molecular complexity index is 971. The predicted octanol–water partition coefficient (Wildman–Crippen LogP) is 3.23. The van der Waals surface area contributed by atoms with Crippen LogP contribution in [0.5, 0.6) is 0 Å². The Hall–Kier alpha value is -3.52. The number of pyridine rings is 2. The van der Waals surface area contributed by atoms with Crippen molar-refractivity contribution in [2.75, 3.05) is 35.2 Å². The van der Waals surface area contributed by atoms with Gasteiger partial charge in [0.2, 0.25) is 6.41 Å². The van der Waals surface area contributed by atoms with Crippen LogP contribution in [0.1, 0.15) is 17.5 Å². The summed E-state index contributed by atoms with van der Waals surface area (Å²) in [5, 5.41) is 15.4. The van der Waals surface area contributed by atoms with Gasteiger partial charge in [0, 0.05) is 32.1 Å². The van der Waals surface area contributed by atoms with Crippen LogP contribution in [0.4, 0.5) is 21.7 Å². The summed E-state index contributed by atoms with van der Waals surface area (Å²) in [7, 11) is 0. The molecule has 0 unspecified atom stereocenters.